The molecule has 0 saturated heterocycles. The maximum Gasteiger partial charge on any atom is 0.223 e. The van der Waals surface area contributed by atoms with Crippen molar-refractivity contribution in [3.8, 4) is 11.3 Å². The molecule has 0 unspecified atom stereocenters. The van der Waals surface area contributed by atoms with E-state index in [1.807, 2.05) is 16.8 Å². The Morgan fingerprint density at radius 2 is 2.17 bits per heavy atom. The smallest absolute Gasteiger partial charge is 0.223 e. The molecule has 6 heteroatoms. The zero-order chi connectivity index (χ0) is 16.9. The number of benzene rings is 1. The molecule has 4 nitrogen and oxygen atoms in total. The highest BCUT2D eigenvalue weighted by atomic mass is 32.1. The van der Waals surface area contributed by atoms with Crippen molar-refractivity contribution in [3.05, 3.63) is 64.6 Å². The quantitative estimate of drug-likeness (QED) is 0.675. The van der Waals surface area contributed by atoms with Gasteiger partial charge < -0.3 is 9.32 Å². The molecule has 0 spiro atoms. The van der Waals surface area contributed by atoms with Gasteiger partial charge in [0.25, 0.3) is 0 Å². The number of hydrogen-bond donors (Lipinski definition) is 0. The summed E-state index contributed by atoms with van der Waals surface area (Å²) in [5.41, 5.74) is 1.49. The number of rotatable bonds is 6. The zero-order valence-corrected chi connectivity index (χ0v) is 14.1. The van der Waals surface area contributed by atoms with E-state index in [9.17, 15) is 9.18 Å². The van der Waals surface area contributed by atoms with Crippen molar-refractivity contribution in [2.24, 2.45) is 0 Å². The molecule has 0 radical (unpaired) electrons. The van der Waals surface area contributed by atoms with E-state index in [1.165, 1.54) is 12.3 Å². The van der Waals surface area contributed by atoms with Crippen LogP contribution in [0.3, 0.4) is 0 Å². The lowest BCUT2D eigenvalue weighted by molar-refractivity contribution is -0.130. The fraction of sp³-hybridized carbons (Fsp3) is 0.222. The molecule has 2 aromatic heterocycles. The van der Waals surface area contributed by atoms with Gasteiger partial charge in [0, 0.05) is 26.4 Å². The highest BCUT2D eigenvalue weighted by Gasteiger charge is 2.14. The Morgan fingerprint density at radius 1 is 1.33 bits per heavy atom. The van der Waals surface area contributed by atoms with Crippen LogP contribution in [0.5, 0.6) is 0 Å². The van der Waals surface area contributed by atoms with Gasteiger partial charge in [0.2, 0.25) is 5.91 Å². The standard InChI is InChI=1S/C18H17FN2O2S/c1-21(11-13-8-9-24-12-13)18(22)7-6-17-20-10-16(23-17)14-4-2-3-5-15(14)19/h2-5,8-10,12H,6-7,11H2,1H3. The van der Waals surface area contributed by atoms with E-state index in [-0.39, 0.29) is 11.7 Å². The van der Waals surface area contributed by atoms with Crippen LogP contribution in [0.1, 0.15) is 17.9 Å². The third-order valence-corrected chi connectivity index (χ3v) is 4.40. The SMILES string of the molecule is CN(Cc1ccsc1)C(=O)CCc1ncc(-c2ccccc2F)o1. The number of carbonyl (C=O) groups excluding carboxylic acids is 1. The van der Waals surface area contributed by atoms with Crippen LogP contribution in [0.4, 0.5) is 4.39 Å². The van der Waals surface area contributed by atoms with Crippen LogP contribution in [0.25, 0.3) is 11.3 Å². The number of amides is 1. The third kappa shape index (κ3) is 3.89. The molecule has 1 aromatic carbocycles. The van der Waals surface area contributed by atoms with Gasteiger partial charge in [0.15, 0.2) is 11.7 Å². The van der Waals surface area contributed by atoms with Crippen molar-refractivity contribution in [1.82, 2.24) is 9.88 Å². The predicted octanol–water partition coefficient (Wildman–Crippen LogP) is 4.13. The van der Waals surface area contributed by atoms with Gasteiger partial charge in [-0.3, -0.25) is 4.79 Å². The van der Waals surface area contributed by atoms with E-state index in [2.05, 4.69) is 4.98 Å². The molecule has 3 aromatic rings. The highest BCUT2D eigenvalue weighted by molar-refractivity contribution is 7.07. The Morgan fingerprint density at radius 3 is 2.92 bits per heavy atom. The Kier molecular flexibility index (Phi) is 5.05. The highest BCUT2D eigenvalue weighted by Crippen LogP contribution is 2.23. The van der Waals surface area contributed by atoms with Crippen LogP contribution < -0.4 is 0 Å². The average molecular weight is 344 g/mol. The first-order chi connectivity index (χ1) is 11.6. The topological polar surface area (TPSA) is 46.3 Å². The summed E-state index contributed by atoms with van der Waals surface area (Å²) in [4.78, 5) is 18.0. The van der Waals surface area contributed by atoms with Crippen molar-refractivity contribution in [3.63, 3.8) is 0 Å². The van der Waals surface area contributed by atoms with Crippen molar-refractivity contribution < 1.29 is 13.6 Å². The van der Waals surface area contributed by atoms with Gasteiger partial charge in [-0.05, 0) is 34.5 Å². The minimum Gasteiger partial charge on any atom is -0.441 e. The molecular weight excluding hydrogens is 327 g/mol. The lowest BCUT2D eigenvalue weighted by Gasteiger charge is -2.15. The molecule has 0 fully saturated rings. The minimum atomic E-state index is -0.355. The second-order valence-corrected chi connectivity index (χ2v) is 6.26. The largest absolute Gasteiger partial charge is 0.441 e. The van der Waals surface area contributed by atoms with Gasteiger partial charge in [-0.25, -0.2) is 9.37 Å². The first-order valence-corrected chi connectivity index (χ1v) is 8.52. The van der Waals surface area contributed by atoms with Crippen molar-refractivity contribution in [2.75, 3.05) is 7.05 Å². The fourth-order valence-electron chi connectivity index (χ4n) is 2.36. The summed E-state index contributed by atoms with van der Waals surface area (Å²) in [6.45, 7) is 0.592. The van der Waals surface area contributed by atoms with E-state index in [0.717, 1.165) is 5.56 Å². The Labute approximate surface area is 143 Å². The number of halogens is 1. The molecule has 0 aliphatic carbocycles. The van der Waals surface area contributed by atoms with Crippen molar-refractivity contribution in [2.45, 2.75) is 19.4 Å². The summed E-state index contributed by atoms with van der Waals surface area (Å²) in [5.74, 6) is 0.478. The Bertz CT molecular complexity index is 814. The molecule has 2 heterocycles. The van der Waals surface area contributed by atoms with Crippen molar-refractivity contribution >= 4 is 17.2 Å². The molecule has 0 atom stereocenters. The van der Waals surface area contributed by atoms with Crippen LogP contribution in [-0.2, 0) is 17.8 Å². The first-order valence-electron chi connectivity index (χ1n) is 7.58. The number of carbonyl (C=O) groups is 1. The summed E-state index contributed by atoms with van der Waals surface area (Å²) in [6.07, 6.45) is 2.19. The van der Waals surface area contributed by atoms with Gasteiger partial charge in [-0.15, -0.1) is 0 Å². The van der Waals surface area contributed by atoms with Crippen LogP contribution in [0.2, 0.25) is 0 Å². The minimum absolute atomic E-state index is 0.0202. The monoisotopic (exact) mass is 344 g/mol. The van der Waals surface area contributed by atoms with E-state index < -0.39 is 0 Å². The number of thiophene rings is 1. The van der Waals surface area contributed by atoms with Gasteiger partial charge in [0.1, 0.15) is 5.82 Å². The molecule has 0 N–H and O–H groups in total. The molecule has 1 amide bonds. The number of oxazole rings is 1. The molecule has 0 saturated carbocycles. The van der Waals surface area contributed by atoms with E-state index in [1.54, 1.807) is 41.5 Å². The Balaban J connectivity index is 1.57. The maximum absolute atomic E-state index is 13.7. The van der Waals surface area contributed by atoms with E-state index in [0.29, 0.717) is 36.6 Å². The molecular formula is C18H17FN2O2S. The first kappa shape index (κ1) is 16.4. The second kappa shape index (κ2) is 7.40. The van der Waals surface area contributed by atoms with Crippen LogP contribution in [-0.4, -0.2) is 22.8 Å². The number of nitrogens with zero attached hydrogens (tertiary/aromatic N) is 2. The molecule has 3 rings (SSSR count). The Hall–Kier alpha value is -2.47. The maximum atomic E-state index is 13.7. The molecule has 24 heavy (non-hydrogen) atoms. The van der Waals surface area contributed by atoms with Crippen LogP contribution in [0.15, 0.2) is 51.7 Å². The third-order valence-electron chi connectivity index (χ3n) is 3.67. The number of aryl methyl sites for hydroxylation is 1. The van der Waals surface area contributed by atoms with Gasteiger partial charge in [-0.2, -0.15) is 11.3 Å². The van der Waals surface area contributed by atoms with Crippen LogP contribution >= 0.6 is 11.3 Å². The second-order valence-electron chi connectivity index (χ2n) is 5.48. The molecule has 0 aliphatic heterocycles. The summed E-state index contributed by atoms with van der Waals surface area (Å²) < 4.78 is 19.3. The summed E-state index contributed by atoms with van der Waals surface area (Å²) in [7, 11) is 1.78. The average Bonchev–Trinajstić information content (AvgIpc) is 3.24. The molecule has 0 bridgehead atoms. The van der Waals surface area contributed by atoms with E-state index in [4.69, 9.17) is 4.42 Å². The summed E-state index contributed by atoms with van der Waals surface area (Å²) >= 11 is 1.61. The van der Waals surface area contributed by atoms with Crippen LogP contribution in [0, 0.1) is 5.82 Å². The van der Waals surface area contributed by atoms with Crippen molar-refractivity contribution in [1.29, 1.82) is 0 Å². The van der Waals surface area contributed by atoms with Gasteiger partial charge in [-0.1, -0.05) is 12.1 Å². The fourth-order valence-corrected chi connectivity index (χ4v) is 3.02. The van der Waals surface area contributed by atoms with E-state index >= 15 is 0 Å². The lowest BCUT2D eigenvalue weighted by atomic mass is 10.2. The summed E-state index contributed by atoms with van der Waals surface area (Å²) in [5, 5.41) is 4.02. The van der Waals surface area contributed by atoms with Gasteiger partial charge in [0.05, 0.1) is 11.8 Å². The lowest BCUT2D eigenvalue weighted by Crippen LogP contribution is -2.26. The zero-order valence-electron chi connectivity index (χ0n) is 13.2. The molecule has 0 aliphatic rings. The van der Waals surface area contributed by atoms with Gasteiger partial charge >= 0.3 is 0 Å². The number of aromatic nitrogens is 1. The number of hydrogen-bond acceptors (Lipinski definition) is 4. The normalized spacial score (nSPS) is 10.8. The molecule has 124 valence electrons. The summed E-state index contributed by atoms with van der Waals surface area (Å²) in [6, 6.07) is 8.38. The predicted molar refractivity (Wildman–Crippen MR) is 91.0 cm³/mol.